The summed E-state index contributed by atoms with van der Waals surface area (Å²) in [6.45, 7) is 1.56. The van der Waals surface area contributed by atoms with Gasteiger partial charge < -0.3 is 15.1 Å². The summed E-state index contributed by atoms with van der Waals surface area (Å²) in [4.78, 5) is 32.3. The molecule has 2 amide bonds. The number of carbonyl (C=O) groups is 2. The number of nitrogens with one attached hydrogen (secondary N) is 1. The Morgan fingerprint density at radius 3 is 3.00 bits per heavy atom. The van der Waals surface area contributed by atoms with E-state index in [0.717, 1.165) is 23.7 Å². The van der Waals surface area contributed by atoms with Gasteiger partial charge >= 0.3 is 0 Å². The van der Waals surface area contributed by atoms with Crippen molar-refractivity contribution < 1.29 is 9.59 Å². The monoisotopic (exact) mass is 322 g/mol. The highest BCUT2D eigenvalue weighted by Gasteiger charge is 2.33. The van der Waals surface area contributed by atoms with E-state index in [-0.39, 0.29) is 18.2 Å². The minimum Gasteiger partial charge on any atom is -0.356 e. The third-order valence-corrected chi connectivity index (χ3v) is 4.64. The Bertz CT molecular complexity index is 550. The van der Waals surface area contributed by atoms with Gasteiger partial charge in [0, 0.05) is 26.2 Å². The zero-order chi connectivity index (χ0) is 16.1. The second kappa shape index (κ2) is 7.60. The Morgan fingerprint density at radius 2 is 2.27 bits per heavy atom. The lowest BCUT2D eigenvalue weighted by Crippen LogP contribution is -2.41. The normalized spacial score (nSPS) is 17.5. The molecule has 120 valence electrons. The van der Waals surface area contributed by atoms with Gasteiger partial charge in [-0.3, -0.25) is 9.59 Å². The van der Waals surface area contributed by atoms with E-state index in [9.17, 15) is 9.59 Å². The molecule has 1 atom stereocenters. The van der Waals surface area contributed by atoms with Crippen LogP contribution in [-0.4, -0.2) is 61.2 Å². The highest BCUT2D eigenvalue weighted by Crippen LogP contribution is 2.37. The maximum Gasteiger partial charge on any atom is 0.240 e. The quantitative estimate of drug-likeness (QED) is 0.791. The summed E-state index contributed by atoms with van der Waals surface area (Å²) in [5.41, 5.74) is 0.806. The van der Waals surface area contributed by atoms with E-state index in [1.54, 1.807) is 24.2 Å². The van der Waals surface area contributed by atoms with Crippen LogP contribution in [0.3, 0.4) is 0 Å². The van der Waals surface area contributed by atoms with Gasteiger partial charge in [-0.25, -0.2) is 4.98 Å². The summed E-state index contributed by atoms with van der Waals surface area (Å²) < 4.78 is 0. The molecule has 7 heteroatoms. The molecular weight excluding hydrogens is 300 g/mol. The van der Waals surface area contributed by atoms with Gasteiger partial charge in [0.15, 0.2) is 0 Å². The number of fused-ring (bicyclic) bond motifs is 1. The Kier molecular flexibility index (Phi) is 5.79. The molecule has 0 aliphatic carbocycles. The molecule has 0 aromatic carbocycles. The van der Waals surface area contributed by atoms with Crippen LogP contribution in [0.1, 0.15) is 12.8 Å². The molecule has 0 radical (unpaired) electrons. The molecule has 2 heterocycles. The number of hydrogen-bond donors (Lipinski definition) is 1. The molecule has 0 bridgehead atoms. The number of thioether (sulfide) groups is 1. The van der Waals surface area contributed by atoms with Crippen LogP contribution in [0.2, 0.25) is 0 Å². The predicted molar refractivity (Wildman–Crippen MR) is 88.1 cm³/mol. The van der Waals surface area contributed by atoms with Gasteiger partial charge in [0.1, 0.15) is 5.03 Å². The molecular formula is C15H22N4O2S. The molecule has 0 fully saturated rings. The van der Waals surface area contributed by atoms with Crippen molar-refractivity contribution in [1.82, 2.24) is 15.2 Å². The van der Waals surface area contributed by atoms with Gasteiger partial charge in [-0.2, -0.15) is 0 Å². The first-order valence-electron chi connectivity index (χ1n) is 7.29. The number of rotatable bonds is 6. The first kappa shape index (κ1) is 16.8. The summed E-state index contributed by atoms with van der Waals surface area (Å²) in [5, 5.41) is 3.27. The van der Waals surface area contributed by atoms with Crippen molar-refractivity contribution in [3.05, 3.63) is 18.3 Å². The van der Waals surface area contributed by atoms with Crippen molar-refractivity contribution in [2.24, 2.45) is 0 Å². The van der Waals surface area contributed by atoms with E-state index in [1.165, 1.54) is 11.8 Å². The number of amides is 2. The maximum absolute atomic E-state index is 12.3. The second-order valence-electron chi connectivity index (χ2n) is 5.54. The van der Waals surface area contributed by atoms with Crippen molar-refractivity contribution >= 4 is 29.3 Å². The fourth-order valence-corrected chi connectivity index (χ4v) is 3.45. The number of carbonyl (C=O) groups excluding carboxylic acids is 2. The first-order chi connectivity index (χ1) is 10.5. The topological polar surface area (TPSA) is 65.5 Å². The van der Waals surface area contributed by atoms with E-state index in [4.69, 9.17) is 0 Å². The lowest BCUT2D eigenvalue weighted by atomic mass is 10.2. The van der Waals surface area contributed by atoms with E-state index < -0.39 is 5.25 Å². The SMILES string of the molecule is CN(C)CCCNC(=O)C[C@@H]1Sc2ncccc2N(C)C1=O. The molecule has 1 aromatic rings. The minimum atomic E-state index is -0.402. The molecule has 1 aromatic heterocycles. The van der Waals surface area contributed by atoms with E-state index >= 15 is 0 Å². The van der Waals surface area contributed by atoms with Crippen LogP contribution in [0.5, 0.6) is 0 Å². The van der Waals surface area contributed by atoms with Crippen LogP contribution < -0.4 is 10.2 Å². The lowest BCUT2D eigenvalue weighted by Gasteiger charge is -2.29. The van der Waals surface area contributed by atoms with Crippen molar-refractivity contribution in [1.29, 1.82) is 0 Å². The Balaban J connectivity index is 1.88. The van der Waals surface area contributed by atoms with Crippen LogP contribution in [0.25, 0.3) is 0 Å². The number of nitrogens with zero attached hydrogens (tertiary/aromatic N) is 3. The number of pyridine rings is 1. The fraction of sp³-hybridized carbons (Fsp3) is 0.533. The largest absolute Gasteiger partial charge is 0.356 e. The van der Waals surface area contributed by atoms with Crippen LogP contribution in [0.15, 0.2) is 23.4 Å². The first-order valence-corrected chi connectivity index (χ1v) is 8.17. The fourth-order valence-electron chi connectivity index (χ4n) is 2.24. The smallest absolute Gasteiger partial charge is 0.240 e. The summed E-state index contributed by atoms with van der Waals surface area (Å²) in [6, 6.07) is 3.67. The van der Waals surface area contributed by atoms with Crippen LogP contribution in [-0.2, 0) is 9.59 Å². The standard InChI is InChI=1S/C15H22N4O2S/c1-18(2)9-5-8-16-13(20)10-12-15(21)19(3)11-6-4-7-17-14(11)22-12/h4,6-7,12H,5,8-10H2,1-3H3,(H,16,20)/t12-/m0/s1. The molecule has 1 aliphatic rings. The summed E-state index contributed by atoms with van der Waals surface area (Å²) in [6.07, 6.45) is 2.79. The summed E-state index contributed by atoms with van der Waals surface area (Å²) >= 11 is 1.37. The third kappa shape index (κ3) is 4.20. The molecule has 0 saturated heterocycles. The highest BCUT2D eigenvalue weighted by molar-refractivity contribution is 8.00. The van der Waals surface area contributed by atoms with Gasteiger partial charge in [-0.15, -0.1) is 0 Å². The maximum atomic E-state index is 12.3. The van der Waals surface area contributed by atoms with Gasteiger partial charge in [-0.05, 0) is 39.2 Å². The van der Waals surface area contributed by atoms with Crippen molar-refractivity contribution in [2.75, 3.05) is 39.1 Å². The third-order valence-electron chi connectivity index (χ3n) is 3.45. The molecule has 1 aliphatic heterocycles. The van der Waals surface area contributed by atoms with Crippen LogP contribution >= 0.6 is 11.8 Å². The molecule has 0 saturated carbocycles. The van der Waals surface area contributed by atoms with Crippen LogP contribution in [0.4, 0.5) is 5.69 Å². The molecule has 1 N–H and O–H groups in total. The molecule has 0 spiro atoms. The Morgan fingerprint density at radius 1 is 1.50 bits per heavy atom. The molecule has 0 unspecified atom stereocenters. The van der Waals surface area contributed by atoms with Crippen molar-refractivity contribution in [3.8, 4) is 0 Å². The van der Waals surface area contributed by atoms with E-state index in [2.05, 4.69) is 15.2 Å². The molecule has 6 nitrogen and oxygen atoms in total. The predicted octanol–water partition coefficient (Wildman–Crippen LogP) is 0.977. The zero-order valence-corrected chi connectivity index (χ0v) is 14.0. The van der Waals surface area contributed by atoms with Crippen molar-refractivity contribution in [2.45, 2.75) is 23.1 Å². The second-order valence-corrected chi connectivity index (χ2v) is 6.73. The van der Waals surface area contributed by atoms with Gasteiger partial charge in [0.05, 0.1) is 10.9 Å². The summed E-state index contributed by atoms with van der Waals surface area (Å²) in [7, 11) is 5.73. The number of hydrogen-bond acceptors (Lipinski definition) is 5. The Hall–Kier alpha value is -1.60. The van der Waals surface area contributed by atoms with Gasteiger partial charge in [-0.1, -0.05) is 11.8 Å². The highest BCUT2D eigenvalue weighted by atomic mass is 32.2. The molecule has 2 rings (SSSR count). The number of anilines is 1. The number of aromatic nitrogens is 1. The van der Waals surface area contributed by atoms with E-state index in [0.29, 0.717) is 6.54 Å². The van der Waals surface area contributed by atoms with Crippen LogP contribution in [0, 0.1) is 0 Å². The average Bonchev–Trinajstić information content (AvgIpc) is 2.49. The average molecular weight is 322 g/mol. The Labute approximate surface area is 135 Å². The zero-order valence-electron chi connectivity index (χ0n) is 13.2. The van der Waals surface area contributed by atoms with Crippen molar-refractivity contribution in [3.63, 3.8) is 0 Å². The minimum absolute atomic E-state index is 0.0473. The molecule has 22 heavy (non-hydrogen) atoms. The van der Waals surface area contributed by atoms with Gasteiger partial charge in [0.25, 0.3) is 0 Å². The van der Waals surface area contributed by atoms with E-state index in [1.807, 2.05) is 20.2 Å². The summed E-state index contributed by atoms with van der Waals surface area (Å²) in [5.74, 6) is -0.133. The van der Waals surface area contributed by atoms with Gasteiger partial charge in [0.2, 0.25) is 11.8 Å². The lowest BCUT2D eigenvalue weighted by molar-refractivity contribution is -0.124.